The lowest BCUT2D eigenvalue weighted by molar-refractivity contribution is -0.906. The number of halogens is 6. The summed E-state index contributed by atoms with van der Waals surface area (Å²) in [5.41, 5.74) is 11.4. The third kappa shape index (κ3) is 18.0. The van der Waals surface area contributed by atoms with E-state index in [0.29, 0.717) is 121 Å². The molecule has 0 unspecified atom stereocenters. The van der Waals surface area contributed by atoms with Crippen molar-refractivity contribution < 1.29 is 57.2 Å². The van der Waals surface area contributed by atoms with Crippen LogP contribution in [-0.2, 0) is 32.6 Å². The molecule has 0 bridgehead atoms. The second kappa shape index (κ2) is 35.1. The van der Waals surface area contributed by atoms with Crippen molar-refractivity contribution in [3.8, 4) is 62.7 Å². The summed E-state index contributed by atoms with van der Waals surface area (Å²) in [5, 5.41) is 60.5. The van der Waals surface area contributed by atoms with Gasteiger partial charge in [-0.05, 0) is 134 Å². The number of ether oxygens (including phenoxy) is 3. The minimum Gasteiger partial charge on any atom is -0.445 e. The van der Waals surface area contributed by atoms with E-state index >= 15 is 0 Å². The summed E-state index contributed by atoms with van der Waals surface area (Å²) in [6.45, 7) is 7.53. The molecule has 8 N–H and O–H groups in total. The van der Waals surface area contributed by atoms with Gasteiger partial charge in [0.05, 0.1) is 99.5 Å². The highest BCUT2D eigenvalue weighted by molar-refractivity contribution is 9.11. The van der Waals surface area contributed by atoms with Gasteiger partial charge in [0.2, 0.25) is 24.1 Å². The summed E-state index contributed by atoms with van der Waals surface area (Å²) in [4.78, 5) is 32.5. The van der Waals surface area contributed by atoms with Crippen molar-refractivity contribution in [2.75, 3.05) is 35.5 Å². The first kappa shape index (κ1) is 77.2. The van der Waals surface area contributed by atoms with Crippen LogP contribution in [0.2, 0.25) is 0 Å². The number of aromatic amines is 1. The molecule has 16 rings (SSSR count). The molecule has 12 heterocycles. The Labute approximate surface area is 662 Å². The molecule has 16 aromatic rings. The van der Waals surface area contributed by atoms with Crippen LogP contribution in [0.4, 0.5) is 36.4 Å². The minimum atomic E-state index is -0.350. The molecule has 27 nitrogen and oxygen atoms in total. The number of hydrogen-bond acceptors (Lipinski definition) is 19. The van der Waals surface area contributed by atoms with E-state index in [4.69, 9.17) is 19.2 Å². The van der Waals surface area contributed by atoms with Crippen molar-refractivity contribution in [1.82, 2.24) is 63.4 Å². The average Bonchev–Trinajstić information content (AvgIpc) is 1.64. The Morgan fingerprint density at radius 3 is 1.19 bits per heavy atom. The Hall–Kier alpha value is -13.0. The first-order valence-corrected chi connectivity index (χ1v) is 37.1. The van der Waals surface area contributed by atoms with E-state index in [2.05, 4.69) is 109 Å². The van der Waals surface area contributed by atoms with Crippen molar-refractivity contribution in [3.05, 3.63) is 295 Å². The van der Waals surface area contributed by atoms with E-state index in [1.54, 1.807) is 165 Å². The van der Waals surface area contributed by atoms with Crippen LogP contribution in [0.15, 0.2) is 244 Å². The zero-order chi connectivity index (χ0) is 78.5. The van der Waals surface area contributed by atoms with Crippen molar-refractivity contribution in [3.63, 3.8) is 0 Å². The van der Waals surface area contributed by atoms with Crippen LogP contribution in [-0.4, -0.2) is 99.3 Å². The van der Waals surface area contributed by atoms with Crippen LogP contribution in [0.5, 0.6) is 17.6 Å². The highest BCUT2D eigenvalue weighted by atomic mass is 79.9. The first-order chi connectivity index (χ1) is 54.3. The van der Waals surface area contributed by atoms with E-state index in [1.165, 1.54) is 32.4 Å². The highest BCUT2D eigenvalue weighted by Crippen LogP contribution is 2.32. The molecule has 112 heavy (non-hydrogen) atoms. The molecule has 33 heteroatoms. The van der Waals surface area contributed by atoms with Crippen LogP contribution in [0.25, 0.3) is 67.6 Å². The lowest BCUT2D eigenvalue weighted by atomic mass is 10.1. The van der Waals surface area contributed by atoms with Gasteiger partial charge in [0.25, 0.3) is 0 Å². The molecular weight excluding hydrogens is 1640 g/mol. The van der Waals surface area contributed by atoms with Crippen LogP contribution < -0.4 is 55.2 Å². The van der Waals surface area contributed by atoms with Gasteiger partial charge in [-0.2, -0.15) is 38.5 Å². The molecule has 12 aromatic heterocycles. The predicted molar refractivity (Wildman–Crippen MR) is 423 cm³/mol. The second-order valence-electron chi connectivity index (χ2n) is 25.1. The maximum atomic E-state index is 14.4. The smallest absolute Gasteiger partial charge is 0.416 e. The zero-order valence-electron chi connectivity index (χ0n) is 60.4. The summed E-state index contributed by atoms with van der Waals surface area (Å²) >= 11 is 10.4. The molecule has 568 valence electrons. The normalized spacial score (nSPS) is 11.0. The van der Waals surface area contributed by atoms with Crippen molar-refractivity contribution in [2.24, 2.45) is 0 Å². The van der Waals surface area contributed by atoms with E-state index in [-0.39, 0.29) is 29.1 Å². The Bertz CT molecular complexity index is 6110. The SMILES string of the molecule is CC(C)Oc1ccc(CNc2cc(-c3ccccc3F)nc3c(Br)cnn23)c[n+]1O.CCc1cnn2c(NCc3ccc(OC)[n+](O)c3)cc(-c3ccccc3F)nc12.COc1ccc(CNc2cc(-c3ccccc3F)nc3c(Br)cnn23)c[n+]1O.O=c1cc(CNc2cc(-c3ccccc3)nc3c(Br)cnn23)cc[nH]1. The van der Waals surface area contributed by atoms with Crippen molar-refractivity contribution in [2.45, 2.75) is 59.5 Å². The number of nitrogens with zero attached hydrogens (tertiary/aromatic N) is 15. The molecule has 0 aliphatic heterocycles. The summed E-state index contributed by atoms with van der Waals surface area (Å²) < 4.78 is 70.3. The van der Waals surface area contributed by atoms with Gasteiger partial charge >= 0.3 is 17.6 Å². The summed E-state index contributed by atoms with van der Waals surface area (Å²) in [7, 11) is 2.97. The standard InChI is InChI=1S/C21H20BrFN5O2.C21H21FN5O2.C19H16BrFN5O2.C18H14BrN5O/c1-13(2)30-20-8-7-14(12-27(20)29)10-24-19-9-18(15-5-3-4-6-17(15)23)26-21-16(22)11-25-28(19)21;1-3-15-12-24-27-19(23-11-14-8-9-20(29-2)26(28)13-14)10-18(25-21(15)27)16-6-4-5-7-17(16)22;1-28-18-7-6-12(11-25(18)27)9-22-17-8-16(13-4-2-3-5-15(13)21)24-19-14(20)10-23-26(17)19;19-14-11-22-24-16(21-10-12-6-7-20-17(25)8-12)9-15(23-18(14)24)13-4-2-1-3-5-13/h3-9,11-13,24,29H,10H2,1-2H3;4-10,12-13,23,28H,3,11H2,1-2H3;2-8,10-11,22,27H,9H2,1H3;1-9,11,21H,10H2,(H,20,25)/q3*+1;. The van der Waals surface area contributed by atoms with Crippen LogP contribution >= 0.6 is 47.8 Å². The number of hydrogen-bond donors (Lipinski definition) is 8. The molecule has 0 spiro atoms. The zero-order valence-corrected chi connectivity index (χ0v) is 65.2. The molecule has 0 atom stereocenters. The lowest BCUT2D eigenvalue weighted by Crippen LogP contribution is -2.34. The quantitative estimate of drug-likeness (QED) is 0.0245. The van der Waals surface area contributed by atoms with Crippen LogP contribution in [0.1, 0.15) is 48.6 Å². The highest BCUT2D eigenvalue weighted by Gasteiger charge is 2.22. The number of nitrogens with one attached hydrogen (secondary N) is 5. The first-order valence-electron chi connectivity index (χ1n) is 34.7. The van der Waals surface area contributed by atoms with E-state index in [9.17, 15) is 33.6 Å². The van der Waals surface area contributed by atoms with Gasteiger partial charge in [-0.25, -0.2) is 33.1 Å². The fraction of sp³-hybridized carbons (Fsp3) is 0.139. The van der Waals surface area contributed by atoms with Gasteiger partial charge in [-0.1, -0.05) is 73.7 Å². The number of aryl methyl sites for hydroxylation is 1. The fourth-order valence-corrected chi connectivity index (χ4v) is 12.7. The third-order valence-corrected chi connectivity index (χ3v) is 18.8. The summed E-state index contributed by atoms with van der Waals surface area (Å²) in [6.07, 6.45) is 13.8. The van der Waals surface area contributed by atoms with Gasteiger partial charge in [-0.15, -0.1) is 0 Å². The predicted octanol–water partition coefficient (Wildman–Crippen LogP) is 14.4. The van der Waals surface area contributed by atoms with Gasteiger partial charge < -0.3 is 40.5 Å². The number of rotatable bonds is 21. The topological polar surface area (TPSA) is 302 Å². The number of H-pyrrole nitrogens is 1. The monoisotopic (exact) mass is 1710 g/mol. The van der Waals surface area contributed by atoms with Crippen LogP contribution in [0.3, 0.4) is 0 Å². The van der Waals surface area contributed by atoms with E-state index in [0.717, 1.165) is 75.6 Å². The maximum absolute atomic E-state index is 14.4. The fourth-order valence-electron chi connectivity index (χ4n) is 11.6. The van der Waals surface area contributed by atoms with Gasteiger partial charge in [0, 0.05) is 121 Å². The molecule has 0 saturated carbocycles. The van der Waals surface area contributed by atoms with Gasteiger partial charge in [0.1, 0.15) is 40.7 Å². The molecule has 0 fully saturated rings. The lowest BCUT2D eigenvalue weighted by Gasteiger charge is -2.11. The molecule has 0 saturated heterocycles. The number of fused-ring (bicyclic) bond motifs is 4. The molecular formula is C79H71Br3F3N20O7+3. The Morgan fingerprint density at radius 2 is 0.804 bits per heavy atom. The number of benzene rings is 4. The van der Waals surface area contributed by atoms with Crippen LogP contribution in [0, 0.1) is 17.5 Å². The maximum Gasteiger partial charge on any atom is 0.416 e. The van der Waals surface area contributed by atoms with E-state index in [1.807, 2.05) is 81.4 Å². The molecule has 0 radical (unpaired) electrons. The Morgan fingerprint density at radius 1 is 0.446 bits per heavy atom. The largest absolute Gasteiger partial charge is 0.445 e. The number of pyridine rings is 4. The van der Waals surface area contributed by atoms with Crippen molar-refractivity contribution >= 4 is 93.6 Å². The Balaban J connectivity index is 0.000000131. The summed E-state index contributed by atoms with van der Waals surface area (Å²) in [6, 6.07) is 50.7. The third-order valence-electron chi connectivity index (χ3n) is 17.1. The van der Waals surface area contributed by atoms with Gasteiger partial charge in [0.15, 0.2) is 22.6 Å². The average molecular weight is 1710 g/mol. The van der Waals surface area contributed by atoms with E-state index < -0.39 is 0 Å². The molecule has 0 aliphatic rings. The van der Waals surface area contributed by atoms with Gasteiger partial charge in [-0.3, -0.25) is 20.4 Å². The summed E-state index contributed by atoms with van der Waals surface area (Å²) in [5.74, 6) is 2.74. The number of anilines is 4. The minimum absolute atomic E-state index is 0.0486. The second-order valence-corrected chi connectivity index (χ2v) is 27.6. The van der Waals surface area contributed by atoms with Crippen molar-refractivity contribution in [1.29, 1.82) is 0 Å². The molecule has 4 aromatic carbocycles. The Kier molecular flexibility index (Phi) is 24.2. The molecule has 0 amide bonds. The number of methoxy groups -OCH3 is 2. The number of aromatic nitrogens is 16. The molecule has 0 aliphatic carbocycles.